The third-order valence-electron chi connectivity index (χ3n) is 2.85. The second kappa shape index (κ2) is 3.75. The lowest BCUT2D eigenvalue weighted by Crippen LogP contribution is -2.23. The van der Waals surface area contributed by atoms with E-state index in [0.29, 0.717) is 6.04 Å². The van der Waals surface area contributed by atoms with Gasteiger partial charge in [-0.05, 0) is 32.0 Å². The minimum atomic E-state index is 0.495. The lowest BCUT2D eigenvalue weighted by molar-refractivity contribution is 0.778. The normalized spacial score (nSPS) is 20.4. The number of nitrogens with zero attached hydrogens (tertiary/aromatic N) is 3. The van der Waals surface area contributed by atoms with E-state index >= 15 is 0 Å². The Bertz CT molecular complexity index is 498. The van der Waals surface area contributed by atoms with Gasteiger partial charge in [-0.15, -0.1) is 5.10 Å². The number of fused-ring (bicyclic) bond motifs is 1. The Morgan fingerprint density at radius 3 is 3.25 bits per heavy atom. The number of aromatic nitrogens is 3. The molecule has 0 saturated carbocycles. The van der Waals surface area contributed by atoms with E-state index in [4.69, 9.17) is 0 Å². The van der Waals surface area contributed by atoms with Gasteiger partial charge in [0.15, 0.2) is 5.65 Å². The van der Waals surface area contributed by atoms with E-state index in [1.165, 1.54) is 0 Å². The van der Waals surface area contributed by atoms with E-state index in [9.17, 15) is 0 Å². The van der Waals surface area contributed by atoms with Gasteiger partial charge in [0.1, 0.15) is 5.82 Å². The second-order valence-corrected chi connectivity index (χ2v) is 4.24. The Kier molecular flexibility index (Phi) is 2.25. The fourth-order valence-electron chi connectivity index (χ4n) is 2.06. The van der Waals surface area contributed by atoms with Crippen molar-refractivity contribution in [1.82, 2.24) is 19.9 Å². The summed E-state index contributed by atoms with van der Waals surface area (Å²) in [6, 6.07) is 4.47. The number of anilines is 1. The zero-order valence-electron chi connectivity index (χ0n) is 9.27. The summed E-state index contributed by atoms with van der Waals surface area (Å²) in [5.41, 5.74) is 1.89. The van der Waals surface area contributed by atoms with Crippen LogP contribution in [0.1, 0.15) is 12.1 Å². The highest BCUT2D eigenvalue weighted by Crippen LogP contribution is 2.10. The summed E-state index contributed by atoms with van der Waals surface area (Å²) in [5.74, 6) is 0.915. The van der Waals surface area contributed by atoms with Gasteiger partial charge in [0.05, 0.1) is 11.9 Å². The molecule has 1 atom stereocenters. The van der Waals surface area contributed by atoms with Crippen LogP contribution in [0.25, 0.3) is 5.65 Å². The number of hydrogen-bond donors (Lipinski definition) is 2. The molecule has 84 valence electrons. The molecule has 0 spiro atoms. The first-order chi connectivity index (χ1) is 7.81. The molecule has 0 amide bonds. The van der Waals surface area contributed by atoms with Crippen LogP contribution in [0.2, 0.25) is 0 Å². The average Bonchev–Trinajstić information content (AvgIpc) is 2.85. The van der Waals surface area contributed by atoms with Crippen LogP contribution in [0.3, 0.4) is 0 Å². The number of nitrogens with one attached hydrogen (secondary N) is 2. The van der Waals surface area contributed by atoms with Gasteiger partial charge >= 0.3 is 0 Å². The lowest BCUT2D eigenvalue weighted by atomic mass is 10.2. The van der Waals surface area contributed by atoms with Crippen molar-refractivity contribution in [3.63, 3.8) is 0 Å². The van der Waals surface area contributed by atoms with Crippen molar-refractivity contribution in [3.8, 4) is 0 Å². The zero-order chi connectivity index (χ0) is 11.0. The first-order valence-electron chi connectivity index (χ1n) is 5.61. The molecule has 1 unspecified atom stereocenters. The van der Waals surface area contributed by atoms with E-state index in [0.717, 1.165) is 36.7 Å². The smallest absolute Gasteiger partial charge is 0.153 e. The summed E-state index contributed by atoms with van der Waals surface area (Å²) in [4.78, 5) is 4.35. The monoisotopic (exact) mass is 217 g/mol. The van der Waals surface area contributed by atoms with E-state index in [2.05, 4.69) is 20.7 Å². The van der Waals surface area contributed by atoms with Gasteiger partial charge in [-0.2, -0.15) is 0 Å². The quantitative estimate of drug-likeness (QED) is 0.781. The molecule has 2 aromatic heterocycles. The molecule has 0 aromatic carbocycles. The van der Waals surface area contributed by atoms with E-state index in [-0.39, 0.29) is 0 Å². The highest BCUT2D eigenvalue weighted by atomic mass is 15.3. The van der Waals surface area contributed by atoms with Crippen LogP contribution in [-0.4, -0.2) is 33.7 Å². The minimum Gasteiger partial charge on any atom is -0.365 e. The second-order valence-electron chi connectivity index (χ2n) is 4.24. The van der Waals surface area contributed by atoms with Gasteiger partial charge in [0.2, 0.25) is 0 Å². The van der Waals surface area contributed by atoms with Gasteiger partial charge in [-0.3, -0.25) is 0 Å². The van der Waals surface area contributed by atoms with E-state index in [1.54, 1.807) is 0 Å². The van der Waals surface area contributed by atoms with Crippen LogP contribution in [0.15, 0.2) is 18.3 Å². The van der Waals surface area contributed by atoms with Crippen LogP contribution in [0, 0.1) is 6.92 Å². The van der Waals surface area contributed by atoms with Crippen molar-refractivity contribution in [3.05, 3.63) is 24.0 Å². The molecule has 5 nitrogen and oxygen atoms in total. The van der Waals surface area contributed by atoms with Crippen LogP contribution < -0.4 is 10.6 Å². The van der Waals surface area contributed by atoms with Crippen molar-refractivity contribution >= 4 is 11.5 Å². The van der Waals surface area contributed by atoms with Gasteiger partial charge in [-0.1, -0.05) is 0 Å². The molecule has 1 saturated heterocycles. The maximum atomic E-state index is 4.47. The Hall–Kier alpha value is -1.62. The van der Waals surface area contributed by atoms with Crippen molar-refractivity contribution in [2.24, 2.45) is 0 Å². The van der Waals surface area contributed by atoms with Crippen molar-refractivity contribution in [2.45, 2.75) is 19.4 Å². The van der Waals surface area contributed by atoms with Crippen LogP contribution in [-0.2, 0) is 0 Å². The topological polar surface area (TPSA) is 54.2 Å². The molecule has 2 aromatic rings. The number of aryl methyl sites for hydroxylation is 1. The molecule has 0 radical (unpaired) electrons. The summed E-state index contributed by atoms with van der Waals surface area (Å²) in [7, 11) is 0. The van der Waals surface area contributed by atoms with Gasteiger partial charge in [-0.25, -0.2) is 9.50 Å². The summed E-state index contributed by atoms with van der Waals surface area (Å²) in [6.45, 7) is 4.08. The maximum absolute atomic E-state index is 4.47. The number of hydrogen-bond acceptors (Lipinski definition) is 4. The molecule has 2 N–H and O–H groups in total. The Morgan fingerprint density at radius 2 is 2.44 bits per heavy atom. The summed E-state index contributed by atoms with van der Waals surface area (Å²) in [6.07, 6.45) is 3.09. The Balaban J connectivity index is 1.86. The SMILES string of the molecule is Cc1cn2nc(NC3CCNC3)ccc2n1. The predicted molar refractivity (Wildman–Crippen MR) is 62.6 cm³/mol. The van der Waals surface area contributed by atoms with Crippen molar-refractivity contribution in [2.75, 3.05) is 18.4 Å². The molecule has 3 rings (SSSR count). The molecular weight excluding hydrogens is 202 g/mol. The summed E-state index contributed by atoms with van der Waals surface area (Å²) in [5, 5.41) is 11.2. The van der Waals surface area contributed by atoms with Crippen molar-refractivity contribution < 1.29 is 0 Å². The van der Waals surface area contributed by atoms with Crippen LogP contribution >= 0.6 is 0 Å². The van der Waals surface area contributed by atoms with Gasteiger partial charge in [0.25, 0.3) is 0 Å². The number of imidazole rings is 1. The summed E-state index contributed by atoms with van der Waals surface area (Å²) < 4.78 is 1.82. The average molecular weight is 217 g/mol. The van der Waals surface area contributed by atoms with E-state index < -0.39 is 0 Å². The van der Waals surface area contributed by atoms with Crippen LogP contribution in [0.4, 0.5) is 5.82 Å². The lowest BCUT2D eigenvalue weighted by Gasteiger charge is -2.11. The molecule has 1 aliphatic heterocycles. The highest BCUT2D eigenvalue weighted by Gasteiger charge is 2.14. The highest BCUT2D eigenvalue weighted by molar-refractivity contribution is 5.45. The number of rotatable bonds is 2. The van der Waals surface area contributed by atoms with Gasteiger partial charge < -0.3 is 10.6 Å². The molecule has 3 heterocycles. The fourth-order valence-corrected chi connectivity index (χ4v) is 2.06. The molecule has 16 heavy (non-hydrogen) atoms. The Labute approximate surface area is 93.9 Å². The third-order valence-corrected chi connectivity index (χ3v) is 2.85. The van der Waals surface area contributed by atoms with Crippen LogP contribution in [0.5, 0.6) is 0 Å². The third kappa shape index (κ3) is 1.74. The van der Waals surface area contributed by atoms with Gasteiger partial charge in [0, 0.05) is 12.6 Å². The summed E-state index contributed by atoms with van der Waals surface area (Å²) >= 11 is 0. The minimum absolute atomic E-state index is 0.495. The Morgan fingerprint density at radius 1 is 1.50 bits per heavy atom. The van der Waals surface area contributed by atoms with E-state index in [1.807, 2.05) is 29.8 Å². The first-order valence-corrected chi connectivity index (χ1v) is 5.61. The molecule has 0 aliphatic carbocycles. The molecule has 0 bridgehead atoms. The van der Waals surface area contributed by atoms with Crippen molar-refractivity contribution in [1.29, 1.82) is 0 Å². The fraction of sp³-hybridized carbons (Fsp3) is 0.455. The predicted octanol–water partition coefficient (Wildman–Crippen LogP) is 0.812. The molecular formula is C11H15N5. The molecule has 1 fully saturated rings. The zero-order valence-corrected chi connectivity index (χ0v) is 9.27. The standard InChI is InChI=1S/C11H15N5/c1-8-7-16-11(13-8)3-2-10(15-16)14-9-4-5-12-6-9/h2-3,7,9,12H,4-6H2,1H3,(H,14,15). The molecule has 1 aliphatic rings. The first kappa shape index (κ1) is 9.59. The largest absolute Gasteiger partial charge is 0.365 e. The molecule has 5 heteroatoms. The maximum Gasteiger partial charge on any atom is 0.153 e.